The second kappa shape index (κ2) is 5.44. The molecule has 2 rings (SSSR count). The summed E-state index contributed by atoms with van der Waals surface area (Å²) in [4.78, 5) is 17.9. The first kappa shape index (κ1) is 13.0. The molecule has 0 aliphatic rings. The molecule has 1 heterocycles. The Kier molecular flexibility index (Phi) is 3.92. The molecule has 0 aliphatic carbocycles. The fraction of sp³-hybridized carbons (Fsp3) is 0.333. The van der Waals surface area contributed by atoms with Gasteiger partial charge in [-0.15, -0.1) is 11.3 Å². The SMILES string of the molecule is CCc1ccccc1C(=O)Cc1nc(C)c(C)s1. The first-order valence-electron chi connectivity index (χ1n) is 6.15. The topological polar surface area (TPSA) is 30.0 Å². The molecule has 0 atom stereocenters. The lowest BCUT2D eigenvalue weighted by atomic mass is 10.0. The lowest BCUT2D eigenvalue weighted by Crippen LogP contribution is -2.06. The minimum Gasteiger partial charge on any atom is -0.294 e. The Morgan fingerprint density at radius 2 is 2.00 bits per heavy atom. The maximum atomic E-state index is 12.3. The number of aromatic nitrogens is 1. The van der Waals surface area contributed by atoms with Crippen LogP contribution in [0.3, 0.4) is 0 Å². The quantitative estimate of drug-likeness (QED) is 0.783. The zero-order chi connectivity index (χ0) is 13.1. The predicted molar refractivity (Wildman–Crippen MR) is 75.4 cm³/mol. The molecule has 18 heavy (non-hydrogen) atoms. The molecule has 0 unspecified atom stereocenters. The summed E-state index contributed by atoms with van der Waals surface area (Å²) < 4.78 is 0. The standard InChI is InChI=1S/C15H17NOS/c1-4-12-7-5-6-8-13(12)14(17)9-15-16-10(2)11(3)18-15/h5-8H,4,9H2,1-3H3. The molecule has 1 aromatic carbocycles. The molecule has 0 aliphatic heterocycles. The summed E-state index contributed by atoms with van der Waals surface area (Å²) in [7, 11) is 0. The summed E-state index contributed by atoms with van der Waals surface area (Å²) in [5.74, 6) is 0.168. The maximum Gasteiger partial charge on any atom is 0.169 e. The lowest BCUT2D eigenvalue weighted by Gasteiger charge is -2.05. The van der Waals surface area contributed by atoms with E-state index in [1.54, 1.807) is 11.3 Å². The van der Waals surface area contributed by atoms with E-state index in [1.807, 2.05) is 38.1 Å². The number of ketones is 1. The molecule has 3 heteroatoms. The first-order valence-corrected chi connectivity index (χ1v) is 6.97. The van der Waals surface area contributed by atoms with Crippen molar-refractivity contribution in [1.29, 1.82) is 0 Å². The van der Waals surface area contributed by atoms with Crippen molar-refractivity contribution in [2.75, 3.05) is 0 Å². The number of hydrogen-bond donors (Lipinski definition) is 0. The number of aryl methyl sites for hydroxylation is 3. The van der Waals surface area contributed by atoms with E-state index < -0.39 is 0 Å². The van der Waals surface area contributed by atoms with Gasteiger partial charge in [0.2, 0.25) is 0 Å². The minimum atomic E-state index is 0.168. The van der Waals surface area contributed by atoms with Crippen LogP contribution < -0.4 is 0 Å². The van der Waals surface area contributed by atoms with Crippen molar-refractivity contribution in [3.63, 3.8) is 0 Å². The van der Waals surface area contributed by atoms with Crippen LogP contribution in [0, 0.1) is 13.8 Å². The summed E-state index contributed by atoms with van der Waals surface area (Å²) >= 11 is 1.62. The normalized spacial score (nSPS) is 10.6. The molecule has 0 saturated carbocycles. The third-order valence-corrected chi connectivity index (χ3v) is 4.16. The number of carbonyl (C=O) groups is 1. The third kappa shape index (κ3) is 2.67. The van der Waals surface area contributed by atoms with Crippen LogP contribution >= 0.6 is 11.3 Å². The molecule has 1 aromatic heterocycles. The van der Waals surface area contributed by atoms with Crippen molar-refractivity contribution in [3.05, 3.63) is 51.0 Å². The molecule has 0 fully saturated rings. The summed E-state index contributed by atoms with van der Waals surface area (Å²) in [6.07, 6.45) is 1.30. The van der Waals surface area contributed by atoms with Gasteiger partial charge in [0.25, 0.3) is 0 Å². The summed E-state index contributed by atoms with van der Waals surface area (Å²) in [6, 6.07) is 7.83. The van der Waals surface area contributed by atoms with Crippen molar-refractivity contribution in [2.24, 2.45) is 0 Å². The Balaban J connectivity index is 2.22. The molecule has 0 bridgehead atoms. The molecule has 2 nitrogen and oxygen atoms in total. The van der Waals surface area contributed by atoms with Crippen molar-refractivity contribution < 1.29 is 4.79 Å². The summed E-state index contributed by atoms with van der Waals surface area (Å²) in [5.41, 5.74) is 2.99. The van der Waals surface area contributed by atoms with E-state index in [0.717, 1.165) is 28.2 Å². The smallest absolute Gasteiger partial charge is 0.169 e. The summed E-state index contributed by atoms with van der Waals surface area (Å²) in [5, 5.41) is 0.918. The Hall–Kier alpha value is -1.48. The number of hydrogen-bond acceptors (Lipinski definition) is 3. The second-order valence-corrected chi connectivity index (χ2v) is 5.65. The van der Waals surface area contributed by atoms with Gasteiger partial charge in [0.15, 0.2) is 5.78 Å². The molecule has 0 saturated heterocycles. The van der Waals surface area contributed by atoms with Crippen molar-refractivity contribution in [2.45, 2.75) is 33.6 Å². The maximum absolute atomic E-state index is 12.3. The van der Waals surface area contributed by atoms with E-state index in [2.05, 4.69) is 11.9 Å². The van der Waals surface area contributed by atoms with Crippen LogP contribution in [0.1, 0.15) is 38.4 Å². The van der Waals surface area contributed by atoms with Crippen molar-refractivity contribution >= 4 is 17.1 Å². The van der Waals surface area contributed by atoms with Crippen LogP contribution in [0.25, 0.3) is 0 Å². The number of nitrogens with zero attached hydrogens (tertiary/aromatic N) is 1. The Bertz CT molecular complexity index is 552. The zero-order valence-corrected chi connectivity index (χ0v) is 11.8. The van der Waals surface area contributed by atoms with E-state index in [1.165, 1.54) is 4.88 Å². The highest BCUT2D eigenvalue weighted by molar-refractivity contribution is 7.11. The lowest BCUT2D eigenvalue weighted by molar-refractivity contribution is 0.0992. The van der Waals surface area contributed by atoms with Gasteiger partial charge in [-0.25, -0.2) is 4.98 Å². The van der Waals surface area contributed by atoms with E-state index in [4.69, 9.17) is 0 Å². The average molecular weight is 259 g/mol. The Morgan fingerprint density at radius 3 is 2.61 bits per heavy atom. The minimum absolute atomic E-state index is 0.168. The molecular formula is C15H17NOS. The molecule has 2 aromatic rings. The largest absolute Gasteiger partial charge is 0.294 e. The van der Waals surface area contributed by atoms with Crippen LogP contribution in [0.15, 0.2) is 24.3 Å². The predicted octanol–water partition coefficient (Wildman–Crippen LogP) is 3.75. The van der Waals surface area contributed by atoms with E-state index >= 15 is 0 Å². The molecular weight excluding hydrogens is 242 g/mol. The van der Waals surface area contributed by atoms with E-state index in [-0.39, 0.29) is 5.78 Å². The monoisotopic (exact) mass is 259 g/mol. The number of carbonyl (C=O) groups excluding carboxylic acids is 1. The molecule has 0 N–H and O–H groups in total. The Morgan fingerprint density at radius 1 is 1.28 bits per heavy atom. The van der Waals surface area contributed by atoms with Crippen LogP contribution in [0.5, 0.6) is 0 Å². The highest BCUT2D eigenvalue weighted by atomic mass is 32.1. The van der Waals surface area contributed by atoms with E-state index in [0.29, 0.717) is 6.42 Å². The van der Waals surface area contributed by atoms with Crippen molar-refractivity contribution in [1.82, 2.24) is 4.98 Å². The molecule has 0 radical (unpaired) electrons. The van der Waals surface area contributed by atoms with Crippen LogP contribution in [0.2, 0.25) is 0 Å². The van der Waals surface area contributed by atoms with Gasteiger partial charge in [0.05, 0.1) is 12.1 Å². The molecule has 94 valence electrons. The van der Waals surface area contributed by atoms with Crippen LogP contribution in [-0.4, -0.2) is 10.8 Å². The van der Waals surface area contributed by atoms with Gasteiger partial charge >= 0.3 is 0 Å². The van der Waals surface area contributed by atoms with Gasteiger partial charge in [-0.2, -0.15) is 0 Å². The van der Waals surface area contributed by atoms with Gasteiger partial charge in [0.1, 0.15) is 5.01 Å². The van der Waals surface area contributed by atoms with Crippen LogP contribution in [0.4, 0.5) is 0 Å². The highest BCUT2D eigenvalue weighted by Crippen LogP contribution is 2.19. The third-order valence-electron chi connectivity index (χ3n) is 3.08. The van der Waals surface area contributed by atoms with Gasteiger partial charge < -0.3 is 0 Å². The number of Topliss-reactive ketones (excluding diaryl/α,β-unsaturated/α-hetero) is 1. The number of rotatable bonds is 4. The first-order chi connectivity index (χ1) is 8.61. The van der Waals surface area contributed by atoms with Gasteiger partial charge in [-0.05, 0) is 25.8 Å². The highest BCUT2D eigenvalue weighted by Gasteiger charge is 2.13. The van der Waals surface area contributed by atoms with Crippen LogP contribution in [-0.2, 0) is 12.8 Å². The second-order valence-electron chi connectivity index (χ2n) is 4.36. The fourth-order valence-corrected chi connectivity index (χ4v) is 2.88. The molecule has 0 amide bonds. The molecule has 0 spiro atoms. The summed E-state index contributed by atoms with van der Waals surface area (Å²) in [6.45, 7) is 6.10. The van der Waals surface area contributed by atoms with Crippen molar-refractivity contribution in [3.8, 4) is 0 Å². The van der Waals surface area contributed by atoms with Gasteiger partial charge in [0, 0.05) is 10.4 Å². The van der Waals surface area contributed by atoms with Gasteiger partial charge in [-0.1, -0.05) is 31.2 Å². The fourth-order valence-electron chi connectivity index (χ4n) is 1.95. The van der Waals surface area contributed by atoms with E-state index in [9.17, 15) is 4.79 Å². The van der Waals surface area contributed by atoms with Gasteiger partial charge in [-0.3, -0.25) is 4.79 Å². The Labute approximate surface area is 112 Å². The average Bonchev–Trinajstić information content (AvgIpc) is 2.68. The number of benzene rings is 1. The zero-order valence-electron chi connectivity index (χ0n) is 11.0. The number of thiazole rings is 1.